The third kappa shape index (κ3) is 1.18. The number of nitrogens with two attached hydrogens (primary N) is 1. The molecule has 1 aliphatic rings. The standard InChI is InChI=1S/C11H10N4O2/c12-9-5-8(14-15-9)11(17)6-3-1-2-4-7(6)13-10(11)16/h1-5,17H,(H,13,16)(H3,12,14,15). The zero-order valence-corrected chi connectivity index (χ0v) is 8.77. The van der Waals surface area contributed by atoms with Gasteiger partial charge in [-0.15, -0.1) is 0 Å². The van der Waals surface area contributed by atoms with E-state index in [0.29, 0.717) is 11.3 Å². The van der Waals surface area contributed by atoms with Gasteiger partial charge in [0.1, 0.15) is 5.82 Å². The van der Waals surface area contributed by atoms with Gasteiger partial charge >= 0.3 is 0 Å². The van der Waals surface area contributed by atoms with Crippen LogP contribution in [0.3, 0.4) is 0 Å². The first-order valence-electron chi connectivity index (χ1n) is 5.07. The molecule has 0 radical (unpaired) electrons. The number of carbonyl (C=O) groups excluding carboxylic acids is 1. The SMILES string of the molecule is Nc1cc(C2(O)C(=O)Nc3ccccc32)[nH]n1. The van der Waals surface area contributed by atoms with Crippen LogP contribution in [0.4, 0.5) is 11.5 Å². The fraction of sp³-hybridized carbons (Fsp3) is 0.0909. The van der Waals surface area contributed by atoms with Gasteiger partial charge in [0, 0.05) is 17.3 Å². The fourth-order valence-corrected chi connectivity index (χ4v) is 2.03. The number of amides is 1. The van der Waals surface area contributed by atoms with Crippen molar-refractivity contribution in [2.45, 2.75) is 5.60 Å². The Labute approximate surface area is 96.5 Å². The Balaban J connectivity index is 2.23. The maximum atomic E-state index is 11.9. The van der Waals surface area contributed by atoms with Gasteiger partial charge in [-0.05, 0) is 6.07 Å². The number of nitrogens with zero attached hydrogens (tertiary/aromatic N) is 1. The number of fused-ring (bicyclic) bond motifs is 1. The summed E-state index contributed by atoms with van der Waals surface area (Å²) < 4.78 is 0. The number of hydrogen-bond donors (Lipinski definition) is 4. The van der Waals surface area contributed by atoms with Gasteiger partial charge in [0.25, 0.3) is 5.91 Å². The number of para-hydroxylation sites is 1. The molecule has 3 rings (SSSR count). The van der Waals surface area contributed by atoms with Crippen molar-refractivity contribution in [3.8, 4) is 0 Å². The fourth-order valence-electron chi connectivity index (χ4n) is 2.03. The van der Waals surface area contributed by atoms with Gasteiger partial charge in [0.15, 0.2) is 0 Å². The van der Waals surface area contributed by atoms with E-state index in [0.717, 1.165) is 0 Å². The van der Waals surface area contributed by atoms with E-state index in [2.05, 4.69) is 15.5 Å². The van der Waals surface area contributed by atoms with Crippen LogP contribution in [0.15, 0.2) is 30.3 Å². The van der Waals surface area contributed by atoms with Gasteiger partial charge in [-0.2, -0.15) is 5.10 Å². The zero-order chi connectivity index (χ0) is 12.0. The Morgan fingerprint density at radius 3 is 2.82 bits per heavy atom. The number of rotatable bonds is 1. The van der Waals surface area contributed by atoms with Crippen molar-refractivity contribution >= 4 is 17.4 Å². The van der Waals surface area contributed by atoms with Crippen LogP contribution >= 0.6 is 0 Å². The summed E-state index contributed by atoms with van der Waals surface area (Å²) in [5.41, 5.74) is 5.08. The van der Waals surface area contributed by atoms with Crippen molar-refractivity contribution in [3.05, 3.63) is 41.6 Å². The second-order valence-electron chi connectivity index (χ2n) is 3.92. The molecule has 1 aliphatic heterocycles. The average Bonchev–Trinajstić information content (AvgIpc) is 2.85. The molecule has 0 saturated carbocycles. The lowest BCUT2D eigenvalue weighted by molar-refractivity contribution is -0.130. The van der Waals surface area contributed by atoms with E-state index in [-0.39, 0.29) is 11.5 Å². The number of aromatic amines is 1. The molecule has 0 spiro atoms. The van der Waals surface area contributed by atoms with Crippen molar-refractivity contribution in [2.75, 3.05) is 11.1 Å². The summed E-state index contributed by atoms with van der Waals surface area (Å²) in [7, 11) is 0. The van der Waals surface area contributed by atoms with E-state index < -0.39 is 11.5 Å². The Hall–Kier alpha value is -2.34. The van der Waals surface area contributed by atoms with Crippen LogP contribution in [0.25, 0.3) is 0 Å². The molecule has 1 unspecified atom stereocenters. The largest absolute Gasteiger partial charge is 0.382 e. The normalized spacial score (nSPS) is 22.3. The minimum atomic E-state index is -1.75. The number of hydrogen-bond acceptors (Lipinski definition) is 4. The van der Waals surface area contributed by atoms with Gasteiger partial charge in [0.2, 0.25) is 5.60 Å². The number of nitrogen functional groups attached to an aromatic ring is 1. The second kappa shape index (κ2) is 3.08. The monoisotopic (exact) mass is 230 g/mol. The number of nitrogens with one attached hydrogen (secondary N) is 2. The van der Waals surface area contributed by atoms with Gasteiger partial charge in [0.05, 0.1) is 5.69 Å². The predicted octanol–water partition coefficient (Wildman–Crippen LogP) is 0.180. The summed E-state index contributed by atoms with van der Waals surface area (Å²) in [5.74, 6) is -0.284. The number of benzene rings is 1. The molecule has 6 nitrogen and oxygen atoms in total. The molecule has 1 aromatic heterocycles. The number of aliphatic hydroxyl groups is 1. The number of anilines is 2. The van der Waals surface area contributed by atoms with Crippen molar-refractivity contribution < 1.29 is 9.90 Å². The molecule has 2 heterocycles. The molecule has 0 fully saturated rings. The molecule has 2 aromatic rings. The maximum absolute atomic E-state index is 11.9. The van der Waals surface area contributed by atoms with E-state index >= 15 is 0 Å². The third-order valence-corrected chi connectivity index (χ3v) is 2.88. The second-order valence-corrected chi connectivity index (χ2v) is 3.92. The van der Waals surface area contributed by atoms with Crippen molar-refractivity contribution in [2.24, 2.45) is 0 Å². The highest BCUT2D eigenvalue weighted by Crippen LogP contribution is 2.39. The summed E-state index contributed by atoms with van der Waals surface area (Å²) in [6.07, 6.45) is 0. The zero-order valence-electron chi connectivity index (χ0n) is 8.77. The van der Waals surface area contributed by atoms with Crippen LogP contribution in [-0.2, 0) is 10.4 Å². The quantitative estimate of drug-likeness (QED) is 0.561. The molecule has 5 N–H and O–H groups in total. The Morgan fingerprint density at radius 1 is 1.35 bits per heavy atom. The minimum Gasteiger partial charge on any atom is -0.382 e. The van der Waals surface area contributed by atoms with Crippen molar-refractivity contribution in [1.82, 2.24) is 10.2 Å². The van der Waals surface area contributed by atoms with Gasteiger partial charge in [-0.1, -0.05) is 18.2 Å². The molecule has 1 aromatic carbocycles. The molecule has 6 heteroatoms. The van der Waals surface area contributed by atoms with Gasteiger partial charge in [-0.25, -0.2) is 0 Å². The Morgan fingerprint density at radius 2 is 2.12 bits per heavy atom. The molecular weight excluding hydrogens is 220 g/mol. The highest BCUT2D eigenvalue weighted by atomic mass is 16.3. The smallest absolute Gasteiger partial charge is 0.267 e. The topological polar surface area (TPSA) is 104 Å². The summed E-state index contributed by atoms with van der Waals surface area (Å²) >= 11 is 0. The van der Waals surface area contributed by atoms with E-state index in [9.17, 15) is 9.90 Å². The molecular formula is C11H10N4O2. The molecule has 0 bridgehead atoms. The lowest BCUT2D eigenvalue weighted by atomic mass is 9.92. The van der Waals surface area contributed by atoms with E-state index in [1.807, 2.05) is 0 Å². The summed E-state index contributed by atoms with van der Waals surface area (Å²) in [6.45, 7) is 0. The first kappa shape index (κ1) is 9.86. The van der Waals surface area contributed by atoms with Crippen LogP contribution < -0.4 is 11.1 Å². The number of H-pyrrole nitrogens is 1. The Bertz CT molecular complexity index is 607. The molecule has 1 atom stereocenters. The number of aromatic nitrogens is 2. The van der Waals surface area contributed by atoms with E-state index in [4.69, 9.17) is 5.73 Å². The average molecular weight is 230 g/mol. The molecule has 17 heavy (non-hydrogen) atoms. The maximum Gasteiger partial charge on any atom is 0.267 e. The summed E-state index contributed by atoms with van der Waals surface area (Å²) in [4.78, 5) is 11.9. The van der Waals surface area contributed by atoms with Crippen molar-refractivity contribution in [1.29, 1.82) is 0 Å². The highest BCUT2D eigenvalue weighted by molar-refractivity contribution is 6.06. The summed E-state index contributed by atoms with van der Waals surface area (Å²) in [6, 6.07) is 8.40. The summed E-state index contributed by atoms with van der Waals surface area (Å²) in [5, 5.41) is 19.5. The molecule has 0 aliphatic carbocycles. The van der Waals surface area contributed by atoms with E-state index in [1.54, 1.807) is 24.3 Å². The Kier molecular flexibility index (Phi) is 1.79. The first-order chi connectivity index (χ1) is 8.12. The third-order valence-electron chi connectivity index (χ3n) is 2.88. The molecule has 0 saturated heterocycles. The van der Waals surface area contributed by atoms with Crippen LogP contribution in [0.2, 0.25) is 0 Å². The lowest BCUT2D eigenvalue weighted by Gasteiger charge is -2.18. The highest BCUT2D eigenvalue weighted by Gasteiger charge is 2.48. The minimum absolute atomic E-state index is 0.227. The van der Waals surface area contributed by atoms with Gasteiger partial charge in [-0.3, -0.25) is 9.89 Å². The van der Waals surface area contributed by atoms with Crippen LogP contribution in [-0.4, -0.2) is 21.2 Å². The van der Waals surface area contributed by atoms with Crippen LogP contribution in [0, 0.1) is 0 Å². The van der Waals surface area contributed by atoms with Crippen LogP contribution in [0.5, 0.6) is 0 Å². The molecule has 1 amide bonds. The van der Waals surface area contributed by atoms with Crippen LogP contribution in [0.1, 0.15) is 11.3 Å². The number of carbonyl (C=O) groups is 1. The first-order valence-corrected chi connectivity index (χ1v) is 5.07. The van der Waals surface area contributed by atoms with Gasteiger partial charge < -0.3 is 16.2 Å². The molecule has 86 valence electrons. The van der Waals surface area contributed by atoms with E-state index in [1.165, 1.54) is 6.07 Å². The predicted molar refractivity (Wildman–Crippen MR) is 61.1 cm³/mol. The lowest BCUT2D eigenvalue weighted by Crippen LogP contribution is -2.35. The van der Waals surface area contributed by atoms with Crippen molar-refractivity contribution in [3.63, 3.8) is 0 Å².